The molecule has 0 spiro atoms. The van der Waals surface area contributed by atoms with Gasteiger partial charge >= 0.3 is 5.69 Å². The normalized spacial score (nSPS) is 11.1. The van der Waals surface area contributed by atoms with Crippen molar-refractivity contribution in [1.29, 1.82) is 0 Å². The second-order valence-electron chi connectivity index (χ2n) is 3.08. The van der Waals surface area contributed by atoms with E-state index in [2.05, 4.69) is 15.0 Å². The predicted molar refractivity (Wildman–Crippen MR) is 49.8 cm³/mol. The number of aliphatic hydroxyl groups is 1. The van der Waals surface area contributed by atoms with Crippen molar-refractivity contribution in [2.24, 2.45) is 7.05 Å². The van der Waals surface area contributed by atoms with Crippen LogP contribution in [0.25, 0.3) is 11.3 Å². The average Bonchev–Trinajstić information content (AvgIpc) is 2.43. The molecule has 2 rings (SSSR count). The standard InChI is InChI=1S/C8H10N4O2/c1-4-5(3-13)10-6-7(9-4)12(2)8(14)11-6/h13H,3H2,1-2H3,(H,10,11,14). The van der Waals surface area contributed by atoms with Gasteiger partial charge in [0.1, 0.15) is 0 Å². The molecule has 6 nitrogen and oxygen atoms in total. The van der Waals surface area contributed by atoms with Crippen LogP contribution in [0.5, 0.6) is 0 Å². The van der Waals surface area contributed by atoms with Gasteiger partial charge in [0.25, 0.3) is 0 Å². The number of H-pyrrole nitrogens is 1. The van der Waals surface area contributed by atoms with E-state index < -0.39 is 0 Å². The lowest BCUT2D eigenvalue weighted by molar-refractivity contribution is 0.275. The number of aryl methyl sites for hydroxylation is 2. The zero-order valence-corrected chi connectivity index (χ0v) is 7.90. The first-order valence-electron chi connectivity index (χ1n) is 4.16. The average molecular weight is 194 g/mol. The van der Waals surface area contributed by atoms with E-state index in [1.807, 2.05) is 0 Å². The Morgan fingerprint density at radius 1 is 1.50 bits per heavy atom. The van der Waals surface area contributed by atoms with Gasteiger partial charge in [0.15, 0.2) is 11.3 Å². The maximum Gasteiger partial charge on any atom is 0.328 e. The summed E-state index contributed by atoms with van der Waals surface area (Å²) >= 11 is 0. The smallest absolute Gasteiger partial charge is 0.328 e. The summed E-state index contributed by atoms with van der Waals surface area (Å²) in [4.78, 5) is 22.0. The number of aromatic amines is 1. The highest BCUT2D eigenvalue weighted by molar-refractivity contribution is 5.65. The maximum absolute atomic E-state index is 11.2. The summed E-state index contributed by atoms with van der Waals surface area (Å²) < 4.78 is 1.39. The van der Waals surface area contributed by atoms with Crippen LogP contribution in [0.3, 0.4) is 0 Å². The van der Waals surface area contributed by atoms with Gasteiger partial charge in [-0.3, -0.25) is 9.55 Å². The van der Waals surface area contributed by atoms with Crippen molar-refractivity contribution in [2.45, 2.75) is 13.5 Å². The monoisotopic (exact) mass is 194 g/mol. The molecule has 0 aromatic carbocycles. The molecule has 0 saturated heterocycles. The summed E-state index contributed by atoms with van der Waals surface area (Å²) in [6, 6.07) is 0. The Kier molecular flexibility index (Phi) is 1.85. The molecule has 0 amide bonds. The first-order chi connectivity index (χ1) is 6.63. The highest BCUT2D eigenvalue weighted by atomic mass is 16.3. The van der Waals surface area contributed by atoms with Crippen molar-refractivity contribution in [3.05, 3.63) is 21.9 Å². The molecule has 0 bridgehead atoms. The van der Waals surface area contributed by atoms with Crippen LogP contribution in [0.15, 0.2) is 4.79 Å². The van der Waals surface area contributed by atoms with E-state index in [0.29, 0.717) is 22.7 Å². The highest BCUT2D eigenvalue weighted by Gasteiger charge is 2.09. The van der Waals surface area contributed by atoms with Crippen LogP contribution in [-0.2, 0) is 13.7 Å². The van der Waals surface area contributed by atoms with Gasteiger partial charge < -0.3 is 5.11 Å². The molecule has 2 heterocycles. The minimum Gasteiger partial charge on any atom is -0.390 e. The fourth-order valence-corrected chi connectivity index (χ4v) is 1.29. The molecular formula is C8H10N4O2. The number of fused-ring (bicyclic) bond motifs is 1. The lowest BCUT2D eigenvalue weighted by atomic mass is 10.3. The lowest BCUT2D eigenvalue weighted by Gasteiger charge is -2.00. The SMILES string of the molecule is Cc1nc2c(nc1CO)[nH]c(=O)n2C. The van der Waals surface area contributed by atoms with Crippen molar-refractivity contribution in [1.82, 2.24) is 19.5 Å². The molecule has 2 aromatic rings. The number of hydrogen-bond donors (Lipinski definition) is 2. The summed E-state index contributed by atoms with van der Waals surface area (Å²) in [5.74, 6) is 0. The summed E-state index contributed by atoms with van der Waals surface area (Å²) in [7, 11) is 1.62. The van der Waals surface area contributed by atoms with Gasteiger partial charge in [-0.1, -0.05) is 0 Å². The van der Waals surface area contributed by atoms with E-state index >= 15 is 0 Å². The van der Waals surface area contributed by atoms with Crippen LogP contribution < -0.4 is 5.69 Å². The van der Waals surface area contributed by atoms with Crippen molar-refractivity contribution >= 4 is 11.3 Å². The first kappa shape index (κ1) is 8.89. The Bertz CT molecular complexity index is 540. The Morgan fingerprint density at radius 2 is 2.21 bits per heavy atom. The van der Waals surface area contributed by atoms with Gasteiger partial charge in [0.2, 0.25) is 0 Å². The molecule has 2 N–H and O–H groups in total. The first-order valence-corrected chi connectivity index (χ1v) is 4.16. The molecule has 2 aromatic heterocycles. The Hall–Kier alpha value is -1.69. The predicted octanol–water partition coefficient (Wildman–Crippen LogP) is -0.543. The van der Waals surface area contributed by atoms with Gasteiger partial charge in [0.05, 0.1) is 18.0 Å². The molecule has 0 aliphatic rings. The molecule has 0 saturated carbocycles. The van der Waals surface area contributed by atoms with Crippen molar-refractivity contribution in [3.8, 4) is 0 Å². The van der Waals surface area contributed by atoms with Gasteiger partial charge in [-0.2, -0.15) is 0 Å². The Morgan fingerprint density at radius 3 is 2.86 bits per heavy atom. The van der Waals surface area contributed by atoms with Crippen LogP contribution in [0.2, 0.25) is 0 Å². The zero-order valence-electron chi connectivity index (χ0n) is 7.90. The topological polar surface area (TPSA) is 83.8 Å². The van der Waals surface area contributed by atoms with E-state index in [9.17, 15) is 4.79 Å². The highest BCUT2D eigenvalue weighted by Crippen LogP contribution is 2.08. The van der Waals surface area contributed by atoms with Crippen LogP contribution in [0.4, 0.5) is 0 Å². The molecule has 0 unspecified atom stereocenters. The third-order valence-corrected chi connectivity index (χ3v) is 2.15. The molecule has 0 fully saturated rings. The van der Waals surface area contributed by atoms with Crippen LogP contribution in [0.1, 0.15) is 11.4 Å². The second kappa shape index (κ2) is 2.91. The number of rotatable bonds is 1. The van der Waals surface area contributed by atoms with Crippen molar-refractivity contribution in [2.75, 3.05) is 0 Å². The van der Waals surface area contributed by atoms with Gasteiger partial charge in [-0.25, -0.2) is 14.8 Å². The maximum atomic E-state index is 11.2. The molecule has 0 aliphatic carbocycles. The van der Waals surface area contributed by atoms with E-state index in [-0.39, 0.29) is 12.3 Å². The van der Waals surface area contributed by atoms with Crippen LogP contribution in [-0.4, -0.2) is 24.6 Å². The fourth-order valence-electron chi connectivity index (χ4n) is 1.29. The van der Waals surface area contributed by atoms with E-state index in [1.54, 1.807) is 14.0 Å². The third-order valence-electron chi connectivity index (χ3n) is 2.15. The molecule has 74 valence electrons. The van der Waals surface area contributed by atoms with Gasteiger partial charge in [-0.05, 0) is 6.92 Å². The van der Waals surface area contributed by atoms with Crippen molar-refractivity contribution in [3.63, 3.8) is 0 Å². The van der Waals surface area contributed by atoms with Crippen LogP contribution in [0, 0.1) is 6.92 Å². The van der Waals surface area contributed by atoms with Crippen LogP contribution >= 0.6 is 0 Å². The Balaban J connectivity index is 2.86. The molecular weight excluding hydrogens is 184 g/mol. The molecule has 14 heavy (non-hydrogen) atoms. The van der Waals surface area contributed by atoms with E-state index in [0.717, 1.165) is 0 Å². The number of nitrogens with one attached hydrogen (secondary N) is 1. The molecule has 0 aliphatic heterocycles. The number of aromatic nitrogens is 4. The molecule has 0 radical (unpaired) electrons. The lowest BCUT2D eigenvalue weighted by Crippen LogP contribution is -2.12. The number of nitrogens with zero attached hydrogens (tertiary/aromatic N) is 3. The van der Waals surface area contributed by atoms with Crippen molar-refractivity contribution < 1.29 is 5.11 Å². The number of hydrogen-bond acceptors (Lipinski definition) is 4. The minimum atomic E-state index is -0.255. The number of imidazole rings is 1. The summed E-state index contributed by atoms with van der Waals surface area (Å²) in [6.07, 6.45) is 0. The van der Waals surface area contributed by atoms with E-state index in [4.69, 9.17) is 5.11 Å². The summed E-state index contributed by atoms with van der Waals surface area (Å²) in [5.41, 5.74) is 1.78. The van der Waals surface area contributed by atoms with Gasteiger partial charge in [0, 0.05) is 7.05 Å². The van der Waals surface area contributed by atoms with E-state index in [1.165, 1.54) is 4.57 Å². The zero-order chi connectivity index (χ0) is 10.3. The van der Waals surface area contributed by atoms with Gasteiger partial charge in [-0.15, -0.1) is 0 Å². The quantitative estimate of drug-likeness (QED) is 0.638. The molecule has 0 atom stereocenters. The number of aliphatic hydroxyl groups excluding tert-OH is 1. The minimum absolute atomic E-state index is 0.175. The second-order valence-corrected chi connectivity index (χ2v) is 3.08. The fraction of sp³-hybridized carbons (Fsp3) is 0.375. The summed E-state index contributed by atoms with van der Waals surface area (Å²) in [5, 5.41) is 8.95. The summed E-state index contributed by atoms with van der Waals surface area (Å²) in [6.45, 7) is 1.57. The largest absolute Gasteiger partial charge is 0.390 e. The third kappa shape index (κ3) is 1.12. The molecule has 6 heteroatoms. The Labute approximate surface area is 79.2 Å².